The fraction of sp³-hybridized carbons (Fsp3) is 0.182. The van der Waals surface area contributed by atoms with Crippen LogP contribution < -0.4 is 5.32 Å². The Kier molecular flexibility index (Phi) is 3.57. The van der Waals surface area contributed by atoms with E-state index in [1.54, 1.807) is 0 Å². The molecule has 1 aromatic rings. The first-order chi connectivity index (χ1) is 6.86. The molecule has 0 saturated carbocycles. The van der Waals surface area contributed by atoms with Gasteiger partial charge in [-0.05, 0) is 5.56 Å². The first-order valence-electron chi connectivity index (χ1n) is 4.19. The van der Waals surface area contributed by atoms with Gasteiger partial charge in [0.25, 0.3) is 0 Å². The predicted molar refractivity (Wildman–Crippen MR) is 53.6 cm³/mol. The van der Waals surface area contributed by atoms with Crippen LogP contribution in [0, 0.1) is 12.8 Å². The van der Waals surface area contributed by atoms with Crippen molar-refractivity contribution in [2.45, 2.75) is 6.10 Å². The highest BCUT2D eigenvalue weighted by Crippen LogP contribution is 2.19. The molecule has 14 heavy (non-hydrogen) atoms. The topological polar surface area (TPSA) is 38.3 Å². The Morgan fingerprint density at radius 1 is 1.29 bits per heavy atom. The standard InChI is InChI=1S/C9H9NO2.C2H2/c11-9-10-6-8(12-9)7-4-2-1-3-5-7;1-2/h1-5,8H,6H2,(H,10,11);1-2H/t8-;/m0./s1. The second-order valence-corrected chi connectivity index (χ2v) is 2.69. The monoisotopic (exact) mass is 189 g/mol. The van der Waals surface area contributed by atoms with Crippen molar-refractivity contribution in [1.29, 1.82) is 0 Å². The smallest absolute Gasteiger partial charge is 0.407 e. The largest absolute Gasteiger partial charge is 0.439 e. The van der Waals surface area contributed by atoms with E-state index in [0.717, 1.165) is 5.56 Å². The van der Waals surface area contributed by atoms with Crippen molar-refractivity contribution in [2.24, 2.45) is 0 Å². The van der Waals surface area contributed by atoms with Crippen molar-refractivity contribution in [2.75, 3.05) is 6.54 Å². The lowest BCUT2D eigenvalue weighted by Crippen LogP contribution is -2.12. The van der Waals surface area contributed by atoms with Gasteiger partial charge in [0.2, 0.25) is 0 Å². The quantitative estimate of drug-likeness (QED) is 0.683. The second-order valence-electron chi connectivity index (χ2n) is 2.69. The fourth-order valence-electron chi connectivity index (χ4n) is 1.24. The molecule has 1 fully saturated rings. The molecule has 1 heterocycles. The van der Waals surface area contributed by atoms with Crippen molar-refractivity contribution in [3.8, 4) is 12.8 Å². The molecule has 1 atom stereocenters. The zero-order valence-corrected chi connectivity index (χ0v) is 7.64. The lowest BCUT2D eigenvalue weighted by atomic mass is 10.1. The van der Waals surface area contributed by atoms with Crippen molar-refractivity contribution in [1.82, 2.24) is 5.32 Å². The second kappa shape index (κ2) is 4.93. The molecule has 1 aliphatic heterocycles. The van der Waals surface area contributed by atoms with E-state index in [4.69, 9.17) is 4.74 Å². The van der Waals surface area contributed by atoms with Gasteiger partial charge in [0, 0.05) is 0 Å². The Hall–Kier alpha value is -1.95. The van der Waals surface area contributed by atoms with Gasteiger partial charge in [0.05, 0.1) is 6.54 Å². The molecule has 0 spiro atoms. The number of cyclic esters (lactones) is 1. The maximum atomic E-state index is 10.7. The number of ether oxygens (including phenoxy) is 1. The molecule has 0 aliphatic carbocycles. The summed E-state index contributed by atoms with van der Waals surface area (Å²) >= 11 is 0. The number of alkyl carbamates (subject to hydrolysis) is 1. The fourth-order valence-corrected chi connectivity index (χ4v) is 1.24. The van der Waals surface area contributed by atoms with Crippen LogP contribution in [-0.2, 0) is 4.74 Å². The Labute approximate surface area is 83.1 Å². The van der Waals surface area contributed by atoms with Gasteiger partial charge in [0.1, 0.15) is 6.10 Å². The van der Waals surface area contributed by atoms with E-state index >= 15 is 0 Å². The van der Waals surface area contributed by atoms with E-state index in [2.05, 4.69) is 18.2 Å². The number of carbonyl (C=O) groups is 1. The zero-order valence-electron chi connectivity index (χ0n) is 7.64. The van der Waals surface area contributed by atoms with Gasteiger partial charge in [-0.25, -0.2) is 4.79 Å². The Morgan fingerprint density at radius 3 is 2.43 bits per heavy atom. The normalized spacial score (nSPS) is 18.7. The number of nitrogens with one attached hydrogen (secondary N) is 1. The summed E-state index contributed by atoms with van der Waals surface area (Å²) < 4.78 is 5.00. The third kappa shape index (κ3) is 2.27. The summed E-state index contributed by atoms with van der Waals surface area (Å²) in [7, 11) is 0. The molecule has 0 bridgehead atoms. The third-order valence-electron chi connectivity index (χ3n) is 1.85. The van der Waals surface area contributed by atoms with Crippen LogP contribution in [-0.4, -0.2) is 12.6 Å². The van der Waals surface area contributed by atoms with E-state index in [1.807, 2.05) is 30.3 Å². The minimum absolute atomic E-state index is 0.112. The van der Waals surface area contributed by atoms with E-state index in [-0.39, 0.29) is 12.2 Å². The molecule has 1 saturated heterocycles. The maximum Gasteiger partial charge on any atom is 0.407 e. The summed E-state index contributed by atoms with van der Waals surface area (Å²) in [6.45, 7) is 0.572. The molecule has 0 radical (unpaired) electrons. The number of hydrogen-bond donors (Lipinski definition) is 1. The molecule has 1 N–H and O–H groups in total. The lowest BCUT2D eigenvalue weighted by Gasteiger charge is -2.06. The minimum atomic E-state index is -0.330. The van der Waals surface area contributed by atoms with Gasteiger partial charge in [-0.15, -0.1) is 12.8 Å². The first-order valence-corrected chi connectivity index (χ1v) is 4.19. The van der Waals surface area contributed by atoms with Crippen LogP contribution in [0.1, 0.15) is 11.7 Å². The van der Waals surface area contributed by atoms with Gasteiger partial charge in [-0.1, -0.05) is 30.3 Å². The molecule has 1 aliphatic rings. The van der Waals surface area contributed by atoms with Gasteiger partial charge in [-0.3, -0.25) is 0 Å². The first kappa shape index (κ1) is 10.1. The van der Waals surface area contributed by atoms with Crippen molar-refractivity contribution in [3.05, 3.63) is 35.9 Å². The number of hydrogen-bond acceptors (Lipinski definition) is 2. The van der Waals surface area contributed by atoms with Crippen molar-refractivity contribution in [3.63, 3.8) is 0 Å². The summed E-state index contributed by atoms with van der Waals surface area (Å²) in [4.78, 5) is 10.7. The average Bonchev–Trinajstić information content (AvgIpc) is 2.69. The number of carbonyl (C=O) groups excluding carboxylic acids is 1. The van der Waals surface area contributed by atoms with Crippen LogP contribution in [0.3, 0.4) is 0 Å². The molecule has 3 heteroatoms. The Morgan fingerprint density at radius 2 is 1.93 bits per heavy atom. The van der Waals surface area contributed by atoms with Gasteiger partial charge in [0.15, 0.2) is 0 Å². The Balaban J connectivity index is 0.000000461. The summed E-state index contributed by atoms with van der Waals surface area (Å²) in [5.41, 5.74) is 1.04. The highest BCUT2D eigenvalue weighted by molar-refractivity contribution is 5.69. The summed E-state index contributed by atoms with van der Waals surface area (Å²) in [6, 6.07) is 9.70. The van der Waals surface area contributed by atoms with Crippen LogP contribution in [0.25, 0.3) is 0 Å². The van der Waals surface area contributed by atoms with Crippen LogP contribution in [0.2, 0.25) is 0 Å². The number of benzene rings is 1. The molecule has 1 amide bonds. The summed E-state index contributed by atoms with van der Waals surface area (Å²) in [6.07, 6.45) is 7.56. The van der Waals surface area contributed by atoms with Crippen LogP contribution >= 0.6 is 0 Å². The van der Waals surface area contributed by atoms with Crippen molar-refractivity contribution >= 4 is 6.09 Å². The van der Waals surface area contributed by atoms with Crippen molar-refractivity contribution < 1.29 is 9.53 Å². The molecule has 1 aromatic carbocycles. The molecule has 0 unspecified atom stereocenters. The molecule has 2 rings (SSSR count). The summed E-state index contributed by atoms with van der Waals surface area (Å²) in [5, 5.41) is 2.61. The average molecular weight is 189 g/mol. The zero-order chi connectivity index (χ0) is 10.4. The van der Waals surface area contributed by atoms with E-state index in [1.165, 1.54) is 0 Å². The molecule has 0 aromatic heterocycles. The Bertz CT molecular complexity index is 319. The minimum Gasteiger partial charge on any atom is -0.439 e. The maximum absolute atomic E-state index is 10.7. The molecule has 72 valence electrons. The van der Waals surface area contributed by atoms with Crippen LogP contribution in [0.5, 0.6) is 0 Å². The molecular weight excluding hydrogens is 178 g/mol. The van der Waals surface area contributed by atoms with E-state index < -0.39 is 0 Å². The van der Waals surface area contributed by atoms with E-state index in [9.17, 15) is 4.79 Å². The molecule has 3 nitrogen and oxygen atoms in total. The van der Waals surface area contributed by atoms with Gasteiger partial charge in [-0.2, -0.15) is 0 Å². The highest BCUT2D eigenvalue weighted by Gasteiger charge is 2.23. The third-order valence-corrected chi connectivity index (χ3v) is 1.85. The van der Waals surface area contributed by atoms with E-state index in [0.29, 0.717) is 6.54 Å². The number of terminal acetylenes is 1. The predicted octanol–water partition coefficient (Wildman–Crippen LogP) is 1.72. The van der Waals surface area contributed by atoms with Gasteiger partial charge < -0.3 is 10.1 Å². The lowest BCUT2D eigenvalue weighted by molar-refractivity contribution is 0.141. The number of amides is 1. The molecular formula is C11H11NO2. The van der Waals surface area contributed by atoms with Crippen LogP contribution in [0.15, 0.2) is 30.3 Å². The SMILES string of the molecule is C#C.O=C1NC[C@@H](c2ccccc2)O1. The van der Waals surface area contributed by atoms with Gasteiger partial charge >= 0.3 is 6.09 Å². The van der Waals surface area contributed by atoms with Crippen LogP contribution in [0.4, 0.5) is 4.79 Å². The summed E-state index contributed by atoms with van der Waals surface area (Å²) in [5.74, 6) is 0. The highest BCUT2D eigenvalue weighted by atomic mass is 16.6. The number of rotatable bonds is 1.